The Hall–Kier alpha value is -3.03. The highest BCUT2D eigenvalue weighted by molar-refractivity contribution is 6.08. The zero-order chi connectivity index (χ0) is 18.8. The van der Waals surface area contributed by atoms with Gasteiger partial charge in [-0.2, -0.15) is 0 Å². The summed E-state index contributed by atoms with van der Waals surface area (Å²) in [6, 6.07) is 4.71. The van der Waals surface area contributed by atoms with Crippen molar-refractivity contribution >= 4 is 23.5 Å². The predicted octanol–water partition coefficient (Wildman–Crippen LogP) is 1.98. The lowest BCUT2D eigenvalue weighted by Crippen LogP contribution is -2.44. The molecule has 0 radical (unpaired) electrons. The van der Waals surface area contributed by atoms with Crippen molar-refractivity contribution < 1.29 is 24.0 Å². The van der Waals surface area contributed by atoms with Gasteiger partial charge in [0.05, 0.1) is 16.8 Å². The topological polar surface area (TPSA) is 107 Å². The number of imide groups is 1. The lowest BCUT2D eigenvalue weighted by atomic mass is 9.85. The van der Waals surface area contributed by atoms with Gasteiger partial charge in [0.1, 0.15) is 12.6 Å². The van der Waals surface area contributed by atoms with E-state index in [-0.39, 0.29) is 24.1 Å². The number of non-ortho nitro benzene ring substituents is 1. The maximum atomic E-state index is 12.5. The first-order valence-electron chi connectivity index (χ1n) is 8.32. The van der Waals surface area contributed by atoms with Gasteiger partial charge in [0.25, 0.3) is 5.69 Å². The van der Waals surface area contributed by atoms with Gasteiger partial charge in [-0.05, 0) is 25.3 Å². The minimum atomic E-state index is -1.03. The van der Waals surface area contributed by atoms with Gasteiger partial charge in [-0.1, -0.05) is 24.3 Å². The number of allylic oxidation sites excluding steroid dienone is 2. The molecule has 136 valence electrons. The van der Waals surface area contributed by atoms with E-state index in [1.807, 2.05) is 12.2 Å². The number of esters is 1. The van der Waals surface area contributed by atoms with Gasteiger partial charge >= 0.3 is 5.97 Å². The number of amides is 2. The van der Waals surface area contributed by atoms with Crippen molar-refractivity contribution in [2.75, 3.05) is 0 Å². The molecular formula is C18H18N2O6. The van der Waals surface area contributed by atoms with Gasteiger partial charge in [0.15, 0.2) is 0 Å². The number of hydrogen-bond donors (Lipinski definition) is 0. The second kappa shape index (κ2) is 7.07. The Morgan fingerprint density at radius 3 is 2.46 bits per heavy atom. The third kappa shape index (κ3) is 3.22. The molecule has 8 heteroatoms. The summed E-state index contributed by atoms with van der Waals surface area (Å²) in [6.07, 6.45) is 4.75. The zero-order valence-electron chi connectivity index (χ0n) is 14.2. The molecule has 1 fully saturated rings. The maximum absolute atomic E-state index is 12.5. The Morgan fingerprint density at radius 1 is 1.27 bits per heavy atom. The molecule has 1 aromatic carbocycles. The van der Waals surface area contributed by atoms with Gasteiger partial charge < -0.3 is 4.74 Å². The summed E-state index contributed by atoms with van der Waals surface area (Å²) in [5, 5.41) is 10.8. The average molecular weight is 358 g/mol. The van der Waals surface area contributed by atoms with E-state index in [9.17, 15) is 24.5 Å². The standard InChI is InChI=1S/C18H18N2O6/c1-11(19-16(21)14-7-2-3-8-15(14)17(19)22)18(23)26-10-12-5-4-6-13(9-12)20(24)25/h2-6,9,11,14-15H,7-8,10H2,1H3/t11-,14-,15+/m1/s1. The Morgan fingerprint density at radius 2 is 1.88 bits per heavy atom. The lowest BCUT2D eigenvalue weighted by Gasteiger charge is -2.21. The molecule has 1 aliphatic carbocycles. The third-order valence-corrected chi connectivity index (χ3v) is 4.77. The van der Waals surface area contributed by atoms with Crippen LogP contribution in [0.25, 0.3) is 0 Å². The molecule has 0 aromatic heterocycles. The highest BCUT2D eigenvalue weighted by atomic mass is 16.6. The van der Waals surface area contributed by atoms with E-state index in [4.69, 9.17) is 4.74 Å². The second-order valence-electron chi connectivity index (χ2n) is 6.41. The number of rotatable bonds is 5. The number of carbonyl (C=O) groups excluding carboxylic acids is 3. The molecule has 3 rings (SSSR count). The summed E-state index contributed by atoms with van der Waals surface area (Å²) in [6.45, 7) is 1.28. The van der Waals surface area contributed by atoms with Crippen LogP contribution < -0.4 is 0 Å². The van der Waals surface area contributed by atoms with Gasteiger partial charge in [-0.25, -0.2) is 4.79 Å². The van der Waals surface area contributed by atoms with E-state index >= 15 is 0 Å². The summed E-state index contributed by atoms with van der Waals surface area (Å²) in [5.74, 6) is -2.21. The molecule has 0 unspecified atom stereocenters. The number of nitro benzene ring substituents is 1. The van der Waals surface area contributed by atoms with Crippen molar-refractivity contribution in [3.8, 4) is 0 Å². The van der Waals surface area contributed by atoms with Gasteiger partial charge in [0.2, 0.25) is 11.8 Å². The average Bonchev–Trinajstić information content (AvgIpc) is 2.90. The molecule has 1 saturated heterocycles. The number of hydrogen-bond acceptors (Lipinski definition) is 6. The molecule has 0 saturated carbocycles. The van der Waals surface area contributed by atoms with Crippen LogP contribution in [-0.2, 0) is 25.7 Å². The van der Waals surface area contributed by atoms with Crippen molar-refractivity contribution in [1.29, 1.82) is 0 Å². The number of benzene rings is 1. The first kappa shape index (κ1) is 17.8. The number of fused-ring (bicyclic) bond motifs is 1. The highest BCUT2D eigenvalue weighted by Crippen LogP contribution is 2.36. The molecule has 2 amide bonds. The molecule has 1 aliphatic heterocycles. The fourth-order valence-corrected chi connectivity index (χ4v) is 3.35. The van der Waals surface area contributed by atoms with Crippen LogP contribution in [0.2, 0.25) is 0 Å². The van der Waals surface area contributed by atoms with Gasteiger partial charge in [0, 0.05) is 12.1 Å². The zero-order valence-corrected chi connectivity index (χ0v) is 14.2. The maximum Gasteiger partial charge on any atom is 0.329 e. The third-order valence-electron chi connectivity index (χ3n) is 4.77. The van der Waals surface area contributed by atoms with Crippen LogP contribution in [-0.4, -0.2) is 33.6 Å². The van der Waals surface area contributed by atoms with E-state index in [1.165, 1.54) is 25.1 Å². The minimum Gasteiger partial charge on any atom is -0.459 e. The van der Waals surface area contributed by atoms with Crippen LogP contribution in [0, 0.1) is 22.0 Å². The van der Waals surface area contributed by atoms with Crippen LogP contribution in [0.3, 0.4) is 0 Å². The summed E-state index contributed by atoms with van der Waals surface area (Å²) in [4.78, 5) is 48.5. The van der Waals surface area contributed by atoms with Crippen LogP contribution in [0.15, 0.2) is 36.4 Å². The summed E-state index contributed by atoms with van der Waals surface area (Å²) in [5.41, 5.74) is 0.352. The van der Waals surface area contributed by atoms with E-state index < -0.39 is 28.8 Å². The first-order valence-corrected chi connectivity index (χ1v) is 8.32. The predicted molar refractivity (Wildman–Crippen MR) is 89.6 cm³/mol. The molecule has 0 N–H and O–H groups in total. The molecule has 3 atom stereocenters. The number of ether oxygens (including phenoxy) is 1. The molecular weight excluding hydrogens is 340 g/mol. The van der Waals surface area contributed by atoms with E-state index in [0.29, 0.717) is 18.4 Å². The Balaban J connectivity index is 1.65. The molecule has 2 aliphatic rings. The Labute approximate surface area is 149 Å². The smallest absolute Gasteiger partial charge is 0.329 e. The summed E-state index contributed by atoms with van der Waals surface area (Å²) >= 11 is 0. The van der Waals surface area contributed by atoms with Crippen LogP contribution in [0.1, 0.15) is 25.3 Å². The SMILES string of the molecule is C[C@H](C(=O)OCc1cccc([N+](=O)[O-])c1)N1C(=O)[C@H]2CC=CC[C@H]2C1=O. The van der Waals surface area contributed by atoms with Gasteiger partial charge in [-0.3, -0.25) is 24.6 Å². The summed E-state index contributed by atoms with van der Waals surface area (Å²) in [7, 11) is 0. The molecule has 0 spiro atoms. The number of nitrogens with zero attached hydrogens (tertiary/aromatic N) is 2. The van der Waals surface area contributed by atoms with Crippen molar-refractivity contribution in [2.45, 2.75) is 32.4 Å². The molecule has 8 nitrogen and oxygen atoms in total. The molecule has 26 heavy (non-hydrogen) atoms. The number of nitro groups is 1. The fraction of sp³-hybridized carbons (Fsp3) is 0.389. The minimum absolute atomic E-state index is 0.104. The van der Waals surface area contributed by atoms with Crippen LogP contribution >= 0.6 is 0 Å². The van der Waals surface area contributed by atoms with Crippen molar-refractivity contribution in [3.05, 3.63) is 52.1 Å². The molecule has 1 heterocycles. The lowest BCUT2D eigenvalue weighted by molar-refractivity contribution is -0.384. The monoisotopic (exact) mass is 358 g/mol. The van der Waals surface area contributed by atoms with Gasteiger partial charge in [-0.15, -0.1) is 0 Å². The van der Waals surface area contributed by atoms with Crippen LogP contribution in [0.4, 0.5) is 5.69 Å². The van der Waals surface area contributed by atoms with E-state index in [2.05, 4.69) is 0 Å². The Kier molecular flexibility index (Phi) is 4.83. The van der Waals surface area contributed by atoms with Crippen molar-refractivity contribution in [3.63, 3.8) is 0 Å². The molecule has 1 aromatic rings. The first-order chi connectivity index (χ1) is 12.4. The molecule has 0 bridgehead atoms. The van der Waals surface area contributed by atoms with Crippen LogP contribution in [0.5, 0.6) is 0 Å². The second-order valence-corrected chi connectivity index (χ2v) is 6.41. The van der Waals surface area contributed by atoms with E-state index in [1.54, 1.807) is 6.07 Å². The fourth-order valence-electron chi connectivity index (χ4n) is 3.35. The highest BCUT2D eigenvalue weighted by Gasteiger charge is 2.50. The van der Waals surface area contributed by atoms with E-state index in [0.717, 1.165) is 4.90 Å². The Bertz CT molecular complexity index is 777. The largest absolute Gasteiger partial charge is 0.459 e. The number of likely N-dealkylation sites (tertiary alicyclic amines) is 1. The van der Waals surface area contributed by atoms with Crippen molar-refractivity contribution in [2.24, 2.45) is 11.8 Å². The number of carbonyl (C=O) groups is 3. The normalized spacial score (nSPS) is 22.9. The summed E-state index contributed by atoms with van der Waals surface area (Å²) < 4.78 is 5.16. The van der Waals surface area contributed by atoms with Crippen molar-refractivity contribution in [1.82, 2.24) is 4.90 Å². The quantitative estimate of drug-likeness (QED) is 0.262.